The summed E-state index contributed by atoms with van der Waals surface area (Å²) in [5.41, 5.74) is 2.90. The number of ether oxygens (including phenoxy) is 1. The van der Waals surface area contributed by atoms with Gasteiger partial charge in [-0.1, -0.05) is 31.2 Å². The van der Waals surface area contributed by atoms with Crippen molar-refractivity contribution < 1.29 is 19.1 Å². The lowest BCUT2D eigenvalue weighted by molar-refractivity contribution is -0.123. The molecule has 1 aromatic carbocycles. The Morgan fingerprint density at radius 1 is 1.38 bits per heavy atom. The van der Waals surface area contributed by atoms with Gasteiger partial charge in [-0.2, -0.15) is 0 Å². The highest BCUT2D eigenvalue weighted by Crippen LogP contribution is 2.34. The van der Waals surface area contributed by atoms with E-state index < -0.39 is 0 Å². The SMILES string of the molecule is C=CCN1C(=O)S/C(=C\c2cn(CC(=O)NC[C@@H]3CCCO3)c3c(CC)cccc23)C1=O. The van der Waals surface area contributed by atoms with Gasteiger partial charge in [0, 0.05) is 36.8 Å². The number of benzene rings is 1. The second kappa shape index (κ2) is 9.75. The zero-order valence-electron chi connectivity index (χ0n) is 18.1. The Kier molecular flexibility index (Phi) is 6.81. The van der Waals surface area contributed by atoms with Gasteiger partial charge in [-0.3, -0.25) is 19.3 Å². The predicted octanol–water partition coefficient (Wildman–Crippen LogP) is 3.72. The summed E-state index contributed by atoms with van der Waals surface area (Å²) < 4.78 is 7.51. The molecule has 3 amide bonds. The lowest BCUT2D eigenvalue weighted by Crippen LogP contribution is -2.34. The van der Waals surface area contributed by atoms with Crippen LogP contribution in [0.1, 0.15) is 30.9 Å². The Labute approximate surface area is 191 Å². The number of rotatable bonds is 8. The van der Waals surface area contributed by atoms with Crippen molar-refractivity contribution >= 4 is 45.8 Å². The smallest absolute Gasteiger partial charge is 0.293 e. The monoisotopic (exact) mass is 453 g/mol. The van der Waals surface area contributed by atoms with Crippen molar-refractivity contribution in [1.82, 2.24) is 14.8 Å². The average molecular weight is 454 g/mol. The van der Waals surface area contributed by atoms with Gasteiger partial charge in [0.2, 0.25) is 5.91 Å². The largest absolute Gasteiger partial charge is 0.376 e. The van der Waals surface area contributed by atoms with Crippen molar-refractivity contribution in [3.8, 4) is 0 Å². The van der Waals surface area contributed by atoms with E-state index in [0.717, 1.165) is 59.7 Å². The van der Waals surface area contributed by atoms with Crippen LogP contribution in [0.15, 0.2) is 42.0 Å². The number of carbonyl (C=O) groups excluding carboxylic acids is 3. The number of aromatic nitrogens is 1. The van der Waals surface area contributed by atoms with Crippen LogP contribution in [0.5, 0.6) is 0 Å². The highest BCUT2D eigenvalue weighted by atomic mass is 32.2. The van der Waals surface area contributed by atoms with Crippen molar-refractivity contribution in [3.63, 3.8) is 0 Å². The zero-order valence-corrected chi connectivity index (χ0v) is 19.0. The lowest BCUT2D eigenvalue weighted by atomic mass is 10.1. The fraction of sp³-hybridized carbons (Fsp3) is 0.375. The highest BCUT2D eigenvalue weighted by molar-refractivity contribution is 8.18. The summed E-state index contributed by atoms with van der Waals surface area (Å²) >= 11 is 0.929. The van der Waals surface area contributed by atoms with E-state index in [1.807, 2.05) is 29.0 Å². The molecule has 8 heteroatoms. The van der Waals surface area contributed by atoms with Crippen molar-refractivity contribution in [2.45, 2.75) is 38.8 Å². The van der Waals surface area contributed by atoms with Gasteiger partial charge >= 0.3 is 0 Å². The first-order chi connectivity index (χ1) is 15.5. The van der Waals surface area contributed by atoms with Gasteiger partial charge < -0.3 is 14.6 Å². The van der Waals surface area contributed by atoms with E-state index in [1.54, 1.807) is 6.08 Å². The molecule has 0 unspecified atom stereocenters. The summed E-state index contributed by atoms with van der Waals surface area (Å²) in [6.07, 6.45) is 8.07. The summed E-state index contributed by atoms with van der Waals surface area (Å²) in [4.78, 5) is 39.0. The molecular weight excluding hydrogens is 426 g/mol. The van der Waals surface area contributed by atoms with Crippen LogP contribution in [0.2, 0.25) is 0 Å². The molecule has 0 spiro atoms. The highest BCUT2D eigenvalue weighted by Gasteiger charge is 2.34. The maximum Gasteiger partial charge on any atom is 0.293 e. The molecular formula is C24H27N3O4S. The van der Waals surface area contributed by atoms with Crippen molar-refractivity contribution in [1.29, 1.82) is 0 Å². The second-order valence-corrected chi connectivity index (χ2v) is 8.89. The van der Waals surface area contributed by atoms with Crippen molar-refractivity contribution in [2.24, 2.45) is 0 Å². The molecule has 168 valence electrons. The topological polar surface area (TPSA) is 80.6 Å². The number of hydrogen-bond acceptors (Lipinski definition) is 5. The van der Waals surface area contributed by atoms with Crippen molar-refractivity contribution in [2.75, 3.05) is 19.7 Å². The molecule has 1 N–H and O–H groups in total. The molecule has 0 aliphatic carbocycles. The fourth-order valence-corrected chi connectivity index (χ4v) is 5.00. The van der Waals surface area contributed by atoms with Gasteiger partial charge in [-0.05, 0) is 42.7 Å². The van der Waals surface area contributed by atoms with E-state index in [-0.39, 0.29) is 36.2 Å². The van der Waals surface area contributed by atoms with Gasteiger partial charge in [-0.15, -0.1) is 6.58 Å². The molecule has 1 aromatic heterocycles. The normalized spacial score (nSPS) is 20.0. The Balaban J connectivity index is 1.63. The van der Waals surface area contributed by atoms with Crippen LogP contribution in [0.25, 0.3) is 17.0 Å². The zero-order chi connectivity index (χ0) is 22.7. The summed E-state index contributed by atoms with van der Waals surface area (Å²) in [5, 5.41) is 3.62. The first-order valence-corrected chi connectivity index (χ1v) is 11.7. The van der Waals surface area contributed by atoms with E-state index in [0.29, 0.717) is 11.4 Å². The van der Waals surface area contributed by atoms with E-state index in [9.17, 15) is 14.4 Å². The van der Waals surface area contributed by atoms with Gasteiger partial charge in [0.05, 0.1) is 16.5 Å². The number of nitrogens with one attached hydrogen (secondary N) is 1. The molecule has 2 saturated heterocycles. The number of amides is 3. The number of para-hydroxylation sites is 1. The number of fused-ring (bicyclic) bond motifs is 1. The molecule has 32 heavy (non-hydrogen) atoms. The molecule has 7 nitrogen and oxygen atoms in total. The molecule has 3 heterocycles. The first-order valence-electron chi connectivity index (χ1n) is 10.9. The van der Waals surface area contributed by atoms with Crippen LogP contribution in [-0.4, -0.2) is 52.3 Å². The molecule has 0 radical (unpaired) electrons. The minimum Gasteiger partial charge on any atom is -0.376 e. The second-order valence-electron chi connectivity index (χ2n) is 7.90. The van der Waals surface area contributed by atoms with Crippen LogP contribution in [0, 0.1) is 0 Å². The van der Waals surface area contributed by atoms with Crippen LogP contribution in [0.4, 0.5) is 4.79 Å². The summed E-state index contributed by atoms with van der Waals surface area (Å²) in [6.45, 7) is 7.31. The Hall–Kier alpha value is -2.84. The summed E-state index contributed by atoms with van der Waals surface area (Å²) in [6, 6.07) is 6.00. The fourth-order valence-electron chi connectivity index (χ4n) is 4.16. The van der Waals surface area contributed by atoms with Gasteiger partial charge in [-0.25, -0.2) is 0 Å². The van der Waals surface area contributed by atoms with E-state index in [4.69, 9.17) is 4.74 Å². The van der Waals surface area contributed by atoms with Crippen LogP contribution < -0.4 is 5.32 Å². The molecule has 0 bridgehead atoms. The third-order valence-corrected chi connectivity index (χ3v) is 6.64. The lowest BCUT2D eigenvalue weighted by Gasteiger charge is -2.12. The molecule has 4 rings (SSSR count). The number of nitrogens with zero attached hydrogens (tertiary/aromatic N) is 2. The third-order valence-electron chi connectivity index (χ3n) is 5.73. The van der Waals surface area contributed by atoms with Crippen molar-refractivity contribution in [3.05, 3.63) is 53.1 Å². The van der Waals surface area contributed by atoms with Crippen LogP contribution in [-0.2, 0) is 27.3 Å². The summed E-state index contributed by atoms with van der Waals surface area (Å²) in [5.74, 6) is -0.400. The van der Waals surface area contributed by atoms with Crippen LogP contribution >= 0.6 is 11.8 Å². The molecule has 0 saturated carbocycles. The third kappa shape index (κ3) is 4.52. The molecule has 2 aromatic rings. The van der Waals surface area contributed by atoms with Gasteiger partial charge in [0.15, 0.2) is 0 Å². The van der Waals surface area contributed by atoms with E-state index in [1.165, 1.54) is 11.0 Å². The maximum absolute atomic E-state index is 12.7. The summed E-state index contributed by atoms with van der Waals surface area (Å²) in [7, 11) is 0. The Morgan fingerprint density at radius 2 is 2.22 bits per heavy atom. The number of carbonyl (C=O) groups is 3. The van der Waals surface area contributed by atoms with Gasteiger partial charge in [0.1, 0.15) is 6.54 Å². The standard InChI is InChI=1S/C24H27N3O4S/c1-3-10-27-23(29)20(32-24(27)30)12-17-14-26(22-16(4-2)7-5-9-19(17)22)15-21(28)25-13-18-8-6-11-31-18/h3,5,7,9,12,14,18H,1,4,6,8,10-11,13,15H2,2H3,(H,25,28)/b20-12-/t18-/m0/s1. The predicted molar refractivity (Wildman–Crippen MR) is 126 cm³/mol. The van der Waals surface area contributed by atoms with Gasteiger partial charge in [0.25, 0.3) is 11.1 Å². The quantitative estimate of drug-likeness (QED) is 0.487. The minimum absolute atomic E-state index is 0.0823. The minimum atomic E-state index is -0.318. The first kappa shape index (κ1) is 22.4. The average Bonchev–Trinajstić information content (AvgIpc) is 3.49. The number of aryl methyl sites for hydroxylation is 1. The van der Waals surface area contributed by atoms with E-state index in [2.05, 4.69) is 18.8 Å². The Bertz CT molecular complexity index is 1100. The van der Waals surface area contributed by atoms with E-state index >= 15 is 0 Å². The van der Waals surface area contributed by atoms with Crippen LogP contribution in [0.3, 0.4) is 0 Å². The number of hydrogen-bond donors (Lipinski definition) is 1. The molecule has 2 aliphatic heterocycles. The molecule has 1 atom stereocenters. The number of thioether (sulfide) groups is 1. The molecule has 2 aliphatic rings. The maximum atomic E-state index is 12.7. The molecule has 2 fully saturated rings. The number of imide groups is 1. The Morgan fingerprint density at radius 3 is 2.94 bits per heavy atom.